The number of phenolic OH excluding ortho intramolecular Hbond substituents is 1. The Kier molecular flexibility index (Phi) is 3.62. The molecule has 0 saturated carbocycles. The third-order valence-electron chi connectivity index (χ3n) is 3.22. The maximum atomic E-state index is 9.48. The number of fused-ring (bicyclic) bond motifs is 1. The van der Waals surface area contributed by atoms with E-state index in [4.69, 9.17) is 0 Å². The van der Waals surface area contributed by atoms with Crippen LogP contribution >= 0.6 is 11.3 Å². The Bertz CT molecular complexity index is 788. The second-order valence-electron chi connectivity index (χ2n) is 5.02. The van der Waals surface area contributed by atoms with Gasteiger partial charge in [0.1, 0.15) is 10.8 Å². The molecule has 0 aliphatic rings. The van der Waals surface area contributed by atoms with Crippen molar-refractivity contribution in [2.75, 3.05) is 19.0 Å². The summed E-state index contributed by atoms with van der Waals surface area (Å²) in [5.41, 5.74) is 3.24. The molecule has 0 fully saturated rings. The van der Waals surface area contributed by atoms with Crippen molar-refractivity contribution < 1.29 is 5.11 Å². The molecule has 0 bridgehead atoms. The van der Waals surface area contributed by atoms with Gasteiger partial charge in [-0.25, -0.2) is 4.98 Å². The number of nitrogens with zero attached hydrogens (tertiary/aromatic N) is 2. The van der Waals surface area contributed by atoms with E-state index in [0.29, 0.717) is 0 Å². The van der Waals surface area contributed by atoms with E-state index in [0.717, 1.165) is 20.8 Å². The fraction of sp³-hybridized carbons (Fsp3) is 0.118. The topological polar surface area (TPSA) is 36.4 Å². The van der Waals surface area contributed by atoms with Crippen LogP contribution in [0.4, 0.5) is 5.69 Å². The number of hydrogen-bond acceptors (Lipinski definition) is 4. The van der Waals surface area contributed by atoms with Gasteiger partial charge >= 0.3 is 0 Å². The van der Waals surface area contributed by atoms with Crippen molar-refractivity contribution in [2.45, 2.75) is 0 Å². The van der Waals surface area contributed by atoms with Crippen LogP contribution in [0.2, 0.25) is 0 Å². The summed E-state index contributed by atoms with van der Waals surface area (Å²) in [6.07, 6.45) is 4.06. The zero-order valence-corrected chi connectivity index (χ0v) is 12.8. The first-order valence-electron chi connectivity index (χ1n) is 6.67. The van der Waals surface area contributed by atoms with E-state index in [-0.39, 0.29) is 5.75 Å². The van der Waals surface area contributed by atoms with Crippen LogP contribution in [0, 0.1) is 0 Å². The summed E-state index contributed by atoms with van der Waals surface area (Å²) in [4.78, 5) is 6.60. The largest absolute Gasteiger partial charge is 0.508 e. The van der Waals surface area contributed by atoms with Crippen LogP contribution in [0.3, 0.4) is 0 Å². The summed E-state index contributed by atoms with van der Waals surface area (Å²) in [6.45, 7) is 0. The minimum atomic E-state index is 0.279. The van der Waals surface area contributed by atoms with Crippen molar-refractivity contribution in [2.24, 2.45) is 0 Å². The molecule has 3 nitrogen and oxygen atoms in total. The molecule has 0 atom stereocenters. The summed E-state index contributed by atoms with van der Waals surface area (Å²) in [5, 5.41) is 10.4. The van der Waals surface area contributed by atoms with Crippen LogP contribution in [0.15, 0.2) is 42.5 Å². The van der Waals surface area contributed by atoms with Gasteiger partial charge in [-0.1, -0.05) is 18.2 Å². The molecule has 3 rings (SSSR count). The summed E-state index contributed by atoms with van der Waals surface area (Å²) >= 11 is 1.57. The summed E-state index contributed by atoms with van der Waals surface area (Å²) < 4.78 is 0.998. The minimum absolute atomic E-state index is 0.279. The Morgan fingerprint density at radius 2 is 1.81 bits per heavy atom. The second kappa shape index (κ2) is 5.58. The Hall–Kier alpha value is -2.33. The second-order valence-corrected chi connectivity index (χ2v) is 6.09. The van der Waals surface area contributed by atoms with Crippen molar-refractivity contribution in [1.29, 1.82) is 0 Å². The van der Waals surface area contributed by atoms with Gasteiger partial charge in [-0.05, 0) is 42.0 Å². The average molecular weight is 296 g/mol. The van der Waals surface area contributed by atoms with Crippen molar-refractivity contribution in [3.63, 3.8) is 0 Å². The Morgan fingerprint density at radius 3 is 2.52 bits per heavy atom. The van der Waals surface area contributed by atoms with E-state index in [2.05, 4.69) is 40.2 Å². The van der Waals surface area contributed by atoms with Crippen molar-refractivity contribution in [3.05, 3.63) is 53.0 Å². The van der Waals surface area contributed by atoms with Gasteiger partial charge in [0.05, 0.1) is 10.2 Å². The van der Waals surface area contributed by atoms with Gasteiger partial charge in [0, 0.05) is 19.8 Å². The molecule has 4 heteroatoms. The zero-order valence-electron chi connectivity index (χ0n) is 11.9. The normalized spacial score (nSPS) is 11.3. The van der Waals surface area contributed by atoms with E-state index >= 15 is 0 Å². The van der Waals surface area contributed by atoms with Crippen LogP contribution in [0.1, 0.15) is 10.6 Å². The van der Waals surface area contributed by atoms with Crippen LogP contribution in [-0.4, -0.2) is 24.2 Å². The number of hydrogen-bond donors (Lipinski definition) is 1. The smallest absolute Gasteiger partial charge is 0.117 e. The zero-order chi connectivity index (χ0) is 14.8. The van der Waals surface area contributed by atoms with Crippen LogP contribution in [0.5, 0.6) is 5.75 Å². The molecule has 0 unspecified atom stereocenters. The maximum absolute atomic E-state index is 9.48. The van der Waals surface area contributed by atoms with Gasteiger partial charge in [-0.3, -0.25) is 0 Å². The Morgan fingerprint density at radius 1 is 1.05 bits per heavy atom. The molecule has 1 heterocycles. The SMILES string of the molecule is CN(C)c1ccc(C=Cc2nc3ccc(O)cc3s2)cc1. The number of aromatic hydroxyl groups is 1. The molecule has 0 aliphatic carbocycles. The Balaban J connectivity index is 1.83. The van der Waals surface area contributed by atoms with Gasteiger partial charge in [0.25, 0.3) is 0 Å². The number of anilines is 1. The standard InChI is InChI=1S/C17H16N2OS/c1-19(2)13-6-3-12(4-7-13)5-10-17-18-15-9-8-14(20)11-16(15)21-17/h3-11,20H,1-2H3. The number of rotatable bonds is 3. The van der Waals surface area contributed by atoms with Gasteiger partial charge < -0.3 is 10.0 Å². The highest BCUT2D eigenvalue weighted by molar-refractivity contribution is 7.19. The lowest BCUT2D eigenvalue weighted by atomic mass is 10.2. The summed E-state index contributed by atoms with van der Waals surface area (Å²) in [5.74, 6) is 0.279. The van der Waals surface area contributed by atoms with Crippen LogP contribution in [-0.2, 0) is 0 Å². The maximum Gasteiger partial charge on any atom is 0.117 e. The van der Waals surface area contributed by atoms with E-state index in [9.17, 15) is 5.11 Å². The summed E-state index contributed by atoms with van der Waals surface area (Å²) in [6, 6.07) is 13.6. The highest BCUT2D eigenvalue weighted by Crippen LogP contribution is 2.26. The first-order valence-corrected chi connectivity index (χ1v) is 7.48. The quantitative estimate of drug-likeness (QED) is 0.785. The third kappa shape index (κ3) is 3.06. The third-order valence-corrected chi connectivity index (χ3v) is 4.20. The first kappa shape index (κ1) is 13.6. The van der Waals surface area contributed by atoms with Gasteiger partial charge in [0.2, 0.25) is 0 Å². The molecule has 0 aliphatic heterocycles. The number of phenols is 1. The highest BCUT2D eigenvalue weighted by atomic mass is 32.1. The fourth-order valence-electron chi connectivity index (χ4n) is 2.05. The van der Waals surface area contributed by atoms with E-state index in [1.807, 2.05) is 26.2 Å². The molecule has 0 radical (unpaired) electrons. The molecule has 21 heavy (non-hydrogen) atoms. The van der Waals surface area contributed by atoms with E-state index in [1.165, 1.54) is 5.69 Å². The molecule has 106 valence electrons. The molecule has 0 spiro atoms. The summed E-state index contributed by atoms with van der Waals surface area (Å²) in [7, 11) is 4.06. The highest BCUT2D eigenvalue weighted by Gasteiger charge is 2.02. The lowest BCUT2D eigenvalue weighted by Crippen LogP contribution is -2.07. The van der Waals surface area contributed by atoms with E-state index < -0.39 is 0 Å². The molecule has 1 aromatic heterocycles. The number of thiazole rings is 1. The predicted octanol–water partition coefficient (Wildman–Crippen LogP) is 4.24. The Labute approximate surface area is 127 Å². The molecular formula is C17H16N2OS. The molecule has 2 aromatic carbocycles. The molecule has 1 N–H and O–H groups in total. The lowest BCUT2D eigenvalue weighted by molar-refractivity contribution is 0.476. The van der Waals surface area contributed by atoms with Crippen molar-refractivity contribution in [3.8, 4) is 5.75 Å². The van der Waals surface area contributed by atoms with Crippen molar-refractivity contribution >= 4 is 39.4 Å². The lowest BCUT2D eigenvalue weighted by Gasteiger charge is -2.11. The van der Waals surface area contributed by atoms with Gasteiger partial charge in [0.15, 0.2) is 0 Å². The predicted molar refractivity (Wildman–Crippen MR) is 91.0 cm³/mol. The van der Waals surface area contributed by atoms with Crippen LogP contribution < -0.4 is 4.90 Å². The van der Waals surface area contributed by atoms with Gasteiger partial charge in [-0.2, -0.15) is 0 Å². The first-order chi connectivity index (χ1) is 10.1. The molecule has 0 amide bonds. The van der Waals surface area contributed by atoms with E-state index in [1.54, 1.807) is 23.5 Å². The average Bonchev–Trinajstić information content (AvgIpc) is 2.87. The number of benzene rings is 2. The monoisotopic (exact) mass is 296 g/mol. The van der Waals surface area contributed by atoms with Crippen LogP contribution in [0.25, 0.3) is 22.4 Å². The molecule has 0 saturated heterocycles. The number of aromatic nitrogens is 1. The van der Waals surface area contributed by atoms with Crippen molar-refractivity contribution in [1.82, 2.24) is 4.98 Å². The minimum Gasteiger partial charge on any atom is -0.508 e. The molecule has 3 aromatic rings. The molecular weight excluding hydrogens is 280 g/mol. The fourth-order valence-corrected chi connectivity index (χ4v) is 2.96. The van der Waals surface area contributed by atoms with Gasteiger partial charge in [-0.15, -0.1) is 11.3 Å².